The fourth-order valence-electron chi connectivity index (χ4n) is 2.76. The summed E-state index contributed by atoms with van der Waals surface area (Å²) in [5, 5.41) is 4.77. The first-order valence-electron chi connectivity index (χ1n) is 6.54. The van der Waals surface area contributed by atoms with E-state index in [1.807, 2.05) is 0 Å². The second kappa shape index (κ2) is 4.80. The molecular formula is C13H13FN4O3. The largest absolute Gasteiger partial charge is 0.336 e. The summed E-state index contributed by atoms with van der Waals surface area (Å²) in [6, 6.07) is 0.547. The fourth-order valence-corrected chi connectivity index (χ4v) is 2.76. The molecule has 2 fully saturated rings. The van der Waals surface area contributed by atoms with Crippen molar-refractivity contribution in [1.29, 1.82) is 0 Å². The number of hydrogen-bond donors (Lipinski definition) is 2. The maximum atomic E-state index is 13.1. The number of rotatable bonds is 1. The van der Waals surface area contributed by atoms with Crippen LogP contribution in [0.5, 0.6) is 0 Å². The lowest BCUT2D eigenvalue weighted by Gasteiger charge is -2.38. The van der Waals surface area contributed by atoms with Crippen LogP contribution in [0.1, 0.15) is 23.2 Å². The van der Waals surface area contributed by atoms with Gasteiger partial charge in [-0.05, 0) is 18.9 Å². The molecule has 110 valence electrons. The van der Waals surface area contributed by atoms with E-state index < -0.39 is 29.2 Å². The summed E-state index contributed by atoms with van der Waals surface area (Å²) in [4.78, 5) is 40.7. The van der Waals surface area contributed by atoms with Crippen LogP contribution in [0.4, 0.5) is 9.18 Å². The normalized spacial score (nSPS) is 24.9. The first kappa shape index (κ1) is 13.5. The highest BCUT2D eigenvalue weighted by Gasteiger charge is 2.49. The standard InChI is InChI=1S/C13H13FN4O3/c14-9-4-8(5-15-6-9)10(19)18-3-1-2-13(7-18)11(20)16-12(21)17-13/h4-6H,1-3,7H2,(H2,16,17,20,21). The van der Waals surface area contributed by atoms with Crippen LogP contribution in [0.3, 0.4) is 0 Å². The molecule has 1 atom stereocenters. The van der Waals surface area contributed by atoms with Crippen molar-refractivity contribution in [3.05, 3.63) is 29.8 Å². The molecule has 2 N–H and O–H groups in total. The number of piperidine rings is 1. The third-order valence-corrected chi connectivity index (χ3v) is 3.75. The van der Waals surface area contributed by atoms with E-state index in [-0.39, 0.29) is 12.1 Å². The number of amides is 4. The van der Waals surface area contributed by atoms with Gasteiger partial charge in [-0.15, -0.1) is 0 Å². The summed E-state index contributed by atoms with van der Waals surface area (Å²) >= 11 is 0. The predicted molar refractivity (Wildman–Crippen MR) is 68.7 cm³/mol. The number of aromatic nitrogens is 1. The molecule has 0 aromatic carbocycles. The molecule has 0 saturated carbocycles. The van der Waals surface area contributed by atoms with Crippen LogP contribution < -0.4 is 10.6 Å². The fraction of sp³-hybridized carbons (Fsp3) is 0.385. The summed E-state index contributed by atoms with van der Waals surface area (Å²) in [7, 11) is 0. The minimum atomic E-state index is -1.08. The highest BCUT2D eigenvalue weighted by molar-refractivity contribution is 6.07. The molecule has 2 aliphatic rings. The van der Waals surface area contributed by atoms with Gasteiger partial charge in [0, 0.05) is 12.7 Å². The first-order chi connectivity index (χ1) is 10.00. The van der Waals surface area contributed by atoms with Gasteiger partial charge < -0.3 is 10.2 Å². The van der Waals surface area contributed by atoms with E-state index in [2.05, 4.69) is 15.6 Å². The summed E-state index contributed by atoms with van der Waals surface area (Å²) < 4.78 is 13.1. The number of carbonyl (C=O) groups excluding carboxylic acids is 3. The van der Waals surface area contributed by atoms with Crippen LogP contribution in [0.25, 0.3) is 0 Å². The van der Waals surface area contributed by atoms with Crippen LogP contribution in [-0.4, -0.2) is 46.4 Å². The van der Waals surface area contributed by atoms with E-state index in [1.54, 1.807) is 0 Å². The van der Waals surface area contributed by atoms with Crippen LogP contribution in [0, 0.1) is 5.82 Å². The van der Waals surface area contributed by atoms with E-state index in [4.69, 9.17) is 0 Å². The van der Waals surface area contributed by atoms with E-state index in [9.17, 15) is 18.8 Å². The van der Waals surface area contributed by atoms with E-state index in [0.29, 0.717) is 19.4 Å². The Balaban J connectivity index is 1.82. The minimum absolute atomic E-state index is 0.0694. The molecule has 7 nitrogen and oxygen atoms in total. The Morgan fingerprint density at radius 1 is 1.38 bits per heavy atom. The number of halogens is 1. The SMILES string of the molecule is O=C1NC(=O)C2(CCCN(C(=O)c3cncc(F)c3)C2)N1. The molecule has 1 spiro atoms. The van der Waals surface area contributed by atoms with Gasteiger partial charge in [0.1, 0.15) is 11.4 Å². The average molecular weight is 292 g/mol. The van der Waals surface area contributed by atoms with Crippen molar-refractivity contribution in [1.82, 2.24) is 20.5 Å². The van der Waals surface area contributed by atoms with Crippen molar-refractivity contribution in [3.8, 4) is 0 Å². The van der Waals surface area contributed by atoms with Gasteiger partial charge >= 0.3 is 6.03 Å². The number of carbonyl (C=O) groups is 3. The van der Waals surface area contributed by atoms with Crippen molar-refractivity contribution in [3.63, 3.8) is 0 Å². The molecule has 3 rings (SSSR count). The molecule has 4 amide bonds. The van der Waals surface area contributed by atoms with Crippen molar-refractivity contribution in [2.24, 2.45) is 0 Å². The Morgan fingerprint density at radius 2 is 2.19 bits per heavy atom. The van der Waals surface area contributed by atoms with E-state index >= 15 is 0 Å². The molecule has 0 aliphatic carbocycles. The number of hydrogen-bond acceptors (Lipinski definition) is 4. The van der Waals surface area contributed by atoms with Gasteiger partial charge in [0.2, 0.25) is 0 Å². The molecule has 1 aromatic heterocycles. The lowest BCUT2D eigenvalue weighted by Crippen LogP contribution is -2.59. The van der Waals surface area contributed by atoms with Gasteiger partial charge in [0.15, 0.2) is 0 Å². The highest BCUT2D eigenvalue weighted by atomic mass is 19.1. The lowest BCUT2D eigenvalue weighted by molar-refractivity contribution is -0.125. The van der Waals surface area contributed by atoms with Gasteiger partial charge in [-0.2, -0.15) is 0 Å². The van der Waals surface area contributed by atoms with Crippen molar-refractivity contribution in [2.75, 3.05) is 13.1 Å². The number of likely N-dealkylation sites (tertiary alicyclic amines) is 1. The van der Waals surface area contributed by atoms with Crippen molar-refractivity contribution >= 4 is 17.8 Å². The average Bonchev–Trinajstić information content (AvgIpc) is 2.72. The molecule has 21 heavy (non-hydrogen) atoms. The summed E-state index contributed by atoms with van der Waals surface area (Å²) in [5.41, 5.74) is -0.956. The molecule has 0 bridgehead atoms. The van der Waals surface area contributed by atoms with Gasteiger partial charge in [-0.1, -0.05) is 0 Å². The summed E-state index contributed by atoms with van der Waals surface area (Å²) in [5.74, 6) is -1.43. The first-order valence-corrected chi connectivity index (χ1v) is 6.54. The third kappa shape index (κ3) is 2.32. The maximum absolute atomic E-state index is 13.1. The second-order valence-corrected chi connectivity index (χ2v) is 5.21. The zero-order valence-corrected chi connectivity index (χ0v) is 11.1. The van der Waals surface area contributed by atoms with Crippen LogP contribution in [0.2, 0.25) is 0 Å². The van der Waals surface area contributed by atoms with E-state index in [0.717, 1.165) is 12.3 Å². The summed E-state index contributed by atoms with van der Waals surface area (Å²) in [6.07, 6.45) is 3.33. The zero-order chi connectivity index (χ0) is 15.0. The Kier molecular flexibility index (Phi) is 3.08. The van der Waals surface area contributed by atoms with Crippen molar-refractivity contribution in [2.45, 2.75) is 18.4 Å². The van der Waals surface area contributed by atoms with Gasteiger partial charge in [-0.25, -0.2) is 9.18 Å². The number of urea groups is 1. The number of imide groups is 1. The van der Waals surface area contributed by atoms with Crippen LogP contribution in [-0.2, 0) is 4.79 Å². The topological polar surface area (TPSA) is 91.4 Å². The molecule has 0 radical (unpaired) electrons. The van der Waals surface area contributed by atoms with Gasteiger partial charge in [0.05, 0.1) is 18.3 Å². The third-order valence-electron chi connectivity index (χ3n) is 3.75. The maximum Gasteiger partial charge on any atom is 0.322 e. The lowest BCUT2D eigenvalue weighted by atomic mass is 9.89. The molecule has 1 aromatic rings. The Morgan fingerprint density at radius 3 is 2.86 bits per heavy atom. The monoisotopic (exact) mass is 292 g/mol. The van der Waals surface area contributed by atoms with Crippen LogP contribution >= 0.6 is 0 Å². The Bertz CT molecular complexity index is 636. The highest BCUT2D eigenvalue weighted by Crippen LogP contribution is 2.25. The smallest absolute Gasteiger partial charge is 0.322 e. The van der Waals surface area contributed by atoms with E-state index in [1.165, 1.54) is 11.1 Å². The van der Waals surface area contributed by atoms with Gasteiger partial charge in [-0.3, -0.25) is 19.9 Å². The molecule has 1 unspecified atom stereocenters. The minimum Gasteiger partial charge on any atom is -0.336 e. The van der Waals surface area contributed by atoms with Gasteiger partial charge in [0.25, 0.3) is 11.8 Å². The molecule has 2 saturated heterocycles. The molecule has 2 aliphatic heterocycles. The quantitative estimate of drug-likeness (QED) is 0.715. The van der Waals surface area contributed by atoms with Crippen molar-refractivity contribution < 1.29 is 18.8 Å². The predicted octanol–water partition coefficient (Wildman–Crippen LogP) is 0.0349. The number of nitrogens with zero attached hydrogens (tertiary/aromatic N) is 2. The molecule has 3 heterocycles. The van der Waals surface area contributed by atoms with Crippen LogP contribution in [0.15, 0.2) is 18.5 Å². The number of pyridine rings is 1. The number of nitrogens with one attached hydrogen (secondary N) is 2. The summed E-state index contributed by atoms with van der Waals surface area (Å²) in [6.45, 7) is 0.514. The Hall–Kier alpha value is -2.51. The zero-order valence-electron chi connectivity index (χ0n) is 11.1. The molecular weight excluding hydrogens is 279 g/mol. The second-order valence-electron chi connectivity index (χ2n) is 5.21. The molecule has 8 heteroatoms. The Labute approximate surface area is 119 Å².